The van der Waals surface area contributed by atoms with Gasteiger partial charge in [-0.1, -0.05) is 91.0 Å². The number of hydrogen-bond acceptors (Lipinski definition) is 4. The maximum absolute atomic E-state index is 13.6. The molecule has 0 saturated carbocycles. The lowest BCUT2D eigenvalue weighted by molar-refractivity contribution is 0.0956. The van der Waals surface area contributed by atoms with Crippen LogP contribution in [0.2, 0.25) is 0 Å². The molecule has 1 N–H and O–H groups in total. The van der Waals surface area contributed by atoms with Gasteiger partial charge in [0.25, 0.3) is 5.91 Å². The molecule has 0 radical (unpaired) electrons. The first-order valence-corrected chi connectivity index (χ1v) is 14.2. The fraction of sp³-hybridized carbons (Fsp3) is 0. The molecular weight excluding hydrogens is 524 g/mol. The zero-order valence-electron chi connectivity index (χ0n) is 21.9. The van der Waals surface area contributed by atoms with Gasteiger partial charge in [-0.2, -0.15) is 5.10 Å². The Morgan fingerprint density at radius 1 is 0.780 bits per heavy atom. The molecule has 0 atom stereocenters. The van der Waals surface area contributed by atoms with Crippen molar-refractivity contribution in [3.8, 4) is 27.5 Å². The van der Waals surface area contributed by atoms with E-state index < -0.39 is 0 Å². The molecule has 6 heteroatoms. The first kappa shape index (κ1) is 24.7. The predicted molar refractivity (Wildman–Crippen MR) is 169 cm³/mol. The molecule has 0 aliphatic rings. The number of nitrogens with zero attached hydrogens (tertiary/aromatic N) is 3. The maximum Gasteiger partial charge on any atom is 0.272 e. The SMILES string of the molecule is O=C(NN=Cc1c(-c2ccccc2)n(-c2ccccc2)c2ccccc12)c1cc(-c2cccs2)nc2ccccc12. The van der Waals surface area contributed by atoms with E-state index in [2.05, 4.69) is 51.5 Å². The summed E-state index contributed by atoms with van der Waals surface area (Å²) in [5, 5.41) is 8.34. The van der Waals surface area contributed by atoms with Crippen LogP contribution in [-0.2, 0) is 0 Å². The number of aromatic nitrogens is 2. The van der Waals surface area contributed by atoms with Crippen LogP contribution in [0, 0.1) is 0 Å². The van der Waals surface area contributed by atoms with Crippen LogP contribution in [0.15, 0.2) is 138 Å². The van der Waals surface area contributed by atoms with Crippen LogP contribution in [0.25, 0.3) is 49.3 Å². The van der Waals surface area contributed by atoms with E-state index in [1.165, 1.54) is 0 Å². The van der Waals surface area contributed by atoms with E-state index in [4.69, 9.17) is 4.98 Å². The molecule has 5 nitrogen and oxygen atoms in total. The topological polar surface area (TPSA) is 59.3 Å². The molecule has 1 amide bonds. The Bertz CT molecular complexity index is 2030. The van der Waals surface area contributed by atoms with E-state index in [9.17, 15) is 4.79 Å². The number of rotatable bonds is 6. The van der Waals surface area contributed by atoms with Gasteiger partial charge >= 0.3 is 0 Å². The second-order valence-electron chi connectivity index (χ2n) is 9.57. The minimum absolute atomic E-state index is 0.286. The molecule has 7 rings (SSSR count). The number of hydrazone groups is 1. The molecule has 0 unspecified atom stereocenters. The summed E-state index contributed by atoms with van der Waals surface area (Å²) in [6, 6.07) is 42.4. The molecule has 7 aromatic rings. The van der Waals surface area contributed by atoms with Crippen LogP contribution in [0.3, 0.4) is 0 Å². The first-order valence-electron chi connectivity index (χ1n) is 13.3. The van der Waals surface area contributed by atoms with Crippen LogP contribution in [0.4, 0.5) is 0 Å². The van der Waals surface area contributed by atoms with Crippen LogP contribution >= 0.6 is 11.3 Å². The van der Waals surface area contributed by atoms with Crippen LogP contribution in [0.5, 0.6) is 0 Å². The van der Waals surface area contributed by atoms with Crippen molar-refractivity contribution in [1.29, 1.82) is 0 Å². The van der Waals surface area contributed by atoms with Gasteiger partial charge in [0.05, 0.1) is 39.1 Å². The summed E-state index contributed by atoms with van der Waals surface area (Å²) in [4.78, 5) is 19.4. The Hall–Kier alpha value is -5.33. The smallest absolute Gasteiger partial charge is 0.272 e. The largest absolute Gasteiger partial charge is 0.309 e. The summed E-state index contributed by atoms with van der Waals surface area (Å²) in [6.07, 6.45) is 1.76. The molecule has 4 aromatic carbocycles. The van der Waals surface area contributed by atoms with Gasteiger partial charge in [0.15, 0.2) is 0 Å². The Kier molecular flexibility index (Phi) is 6.43. The van der Waals surface area contributed by atoms with E-state index in [-0.39, 0.29) is 5.91 Å². The lowest BCUT2D eigenvalue weighted by Gasteiger charge is -2.12. The Balaban J connectivity index is 1.32. The third-order valence-corrected chi connectivity index (χ3v) is 7.96. The van der Waals surface area contributed by atoms with Crippen molar-refractivity contribution < 1.29 is 4.79 Å². The van der Waals surface area contributed by atoms with Crippen molar-refractivity contribution in [1.82, 2.24) is 15.0 Å². The number of hydrogen-bond donors (Lipinski definition) is 1. The summed E-state index contributed by atoms with van der Waals surface area (Å²) < 4.78 is 2.25. The maximum atomic E-state index is 13.6. The monoisotopic (exact) mass is 548 g/mol. The van der Waals surface area contributed by atoms with Crippen molar-refractivity contribution in [2.24, 2.45) is 5.10 Å². The van der Waals surface area contributed by atoms with Crippen molar-refractivity contribution in [3.05, 3.63) is 144 Å². The number of benzene rings is 4. The van der Waals surface area contributed by atoms with Gasteiger partial charge in [-0.15, -0.1) is 11.3 Å². The zero-order chi connectivity index (χ0) is 27.6. The number of pyridine rings is 1. The molecular formula is C35H24N4OS. The van der Waals surface area contributed by atoms with Crippen molar-refractivity contribution in [2.45, 2.75) is 0 Å². The number of para-hydroxylation sites is 3. The molecule has 0 spiro atoms. The van der Waals surface area contributed by atoms with E-state index in [0.717, 1.165) is 54.9 Å². The molecule has 3 aromatic heterocycles. The Labute approximate surface area is 241 Å². The van der Waals surface area contributed by atoms with Gasteiger partial charge in [0, 0.05) is 22.0 Å². The average Bonchev–Trinajstić information content (AvgIpc) is 3.69. The molecule has 0 fully saturated rings. The van der Waals surface area contributed by atoms with Crippen LogP contribution in [0.1, 0.15) is 15.9 Å². The Morgan fingerprint density at radius 2 is 1.49 bits per heavy atom. The van der Waals surface area contributed by atoms with Gasteiger partial charge in [0.1, 0.15) is 0 Å². The van der Waals surface area contributed by atoms with Crippen molar-refractivity contribution >= 4 is 45.3 Å². The van der Waals surface area contributed by atoms with E-state index in [1.807, 2.05) is 96.4 Å². The summed E-state index contributed by atoms with van der Waals surface area (Å²) >= 11 is 1.60. The molecule has 0 bridgehead atoms. The number of amides is 1. The highest BCUT2D eigenvalue weighted by Crippen LogP contribution is 2.35. The highest BCUT2D eigenvalue weighted by Gasteiger charge is 2.19. The van der Waals surface area contributed by atoms with E-state index in [1.54, 1.807) is 17.6 Å². The molecule has 41 heavy (non-hydrogen) atoms. The molecule has 3 heterocycles. The molecule has 0 saturated heterocycles. The third kappa shape index (κ3) is 4.60. The van der Waals surface area contributed by atoms with E-state index in [0.29, 0.717) is 5.56 Å². The molecule has 196 valence electrons. The zero-order valence-corrected chi connectivity index (χ0v) is 22.8. The number of nitrogens with one attached hydrogen (secondary N) is 1. The van der Waals surface area contributed by atoms with E-state index >= 15 is 0 Å². The highest BCUT2D eigenvalue weighted by atomic mass is 32.1. The Morgan fingerprint density at radius 3 is 2.27 bits per heavy atom. The van der Waals surface area contributed by atoms with Gasteiger partial charge in [-0.25, -0.2) is 10.4 Å². The van der Waals surface area contributed by atoms with Crippen LogP contribution in [-0.4, -0.2) is 21.7 Å². The number of thiophene rings is 1. The van der Waals surface area contributed by atoms with Gasteiger partial charge in [0.2, 0.25) is 0 Å². The summed E-state index contributed by atoms with van der Waals surface area (Å²) in [5.74, 6) is -0.286. The lowest BCUT2D eigenvalue weighted by atomic mass is 10.1. The number of carbonyl (C=O) groups excluding carboxylic acids is 1. The average molecular weight is 549 g/mol. The summed E-state index contributed by atoms with van der Waals surface area (Å²) in [5.41, 5.74) is 9.97. The lowest BCUT2D eigenvalue weighted by Crippen LogP contribution is -2.18. The first-order chi connectivity index (χ1) is 20.3. The standard InChI is InChI=1S/C35H24N4OS/c40-35(28-22-31(33-20-11-21-41-33)37-30-18-9-7-16-26(28)30)38-36-23-29-27-17-8-10-19-32(27)39(25-14-5-2-6-15-25)34(29)24-12-3-1-4-13-24/h1-23H,(H,38,40). The minimum Gasteiger partial charge on any atom is -0.309 e. The van der Waals surface area contributed by atoms with Crippen LogP contribution < -0.4 is 5.43 Å². The fourth-order valence-electron chi connectivity index (χ4n) is 5.25. The van der Waals surface area contributed by atoms with Crippen molar-refractivity contribution in [2.75, 3.05) is 0 Å². The third-order valence-electron chi connectivity index (χ3n) is 7.07. The quantitative estimate of drug-likeness (QED) is 0.168. The highest BCUT2D eigenvalue weighted by molar-refractivity contribution is 7.13. The molecule has 0 aliphatic carbocycles. The number of fused-ring (bicyclic) bond motifs is 2. The normalized spacial score (nSPS) is 11.4. The minimum atomic E-state index is -0.286. The summed E-state index contributed by atoms with van der Waals surface area (Å²) in [6.45, 7) is 0. The summed E-state index contributed by atoms with van der Waals surface area (Å²) in [7, 11) is 0. The molecule has 0 aliphatic heterocycles. The second-order valence-corrected chi connectivity index (χ2v) is 10.5. The number of carbonyl (C=O) groups is 1. The predicted octanol–water partition coefficient (Wildman–Crippen LogP) is 8.34. The van der Waals surface area contributed by atoms with Gasteiger partial charge in [-0.05, 0) is 47.3 Å². The fourth-order valence-corrected chi connectivity index (χ4v) is 5.94. The van der Waals surface area contributed by atoms with Gasteiger partial charge < -0.3 is 4.57 Å². The van der Waals surface area contributed by atoms with Crippen molar-refractivity contribution in [3.63, 3.8) is 0 Å². The van der Waals surface area contributed by atoms with Gasteiger partial charge in [-0.3, -0.25) is 4.79 Å². The second kappa shape index (κ2) is 10.7.